The molecule has 0 atom stereocenters. The Hall–Kier alpha value is -5.66. The number of nitrogens with zero attached hydrogens (tertiary/aromatic N) is 7. The minimum atomic E-state index is -0.581. The summed E-state index contributed by atoms with van der Waals surface area (Å²) in [6, 6.07) is 15.5. The highest BCUT2D eigenvalue weighted by Crippen LogP contribution is 2.28. The zero-order valence-corrected chi connectivity index (χ0v) is 23.6. The number of amides is 2. The molecule has 0 saturated heterocycles. The second kappa shape index (κ2) is 11.0. The molecule has 0 fully saturated rings. The van der Waals surface area contributed by atoms with Crippen LogP contribution >= 0.6 is 0 Å². The summed E-state index contributed by atoms with van der Waals surface area (Å²) in [6.45, 7) is 5.92. The topological polar surface area (TPSA) is 168 Å². The van der Waals surface area contributed by atoms with Gasteiger partial charge in [-0.25, -0.2) is 14.3 Å². The second-order valence-corrected chi connectivity index (χ2v) is 10.8. The van der Waals surface area contributed by atoms with Crippen molar-refractivity contribution < 1.29 is 23.9 Å². The first-order chi connectivity index (χ1) is 20.6. The molecule has 14 heteroatoms. The zero-order chi connectivity index (χ0) is 30.1. The average Bonchev–Trinajstić information content (AvgIpc) is 3.64. The smallest absolute Gasteiger partial charge is 0.338 e. The number of hydrogen-bond acceptors (Lipinski definition) is 10. The molecule has 2 N–H and O–H groups in total. The number of tetrazole rings is 1. The predicted molar refractivity (Wildman–Crippen MR) is 152 cm³/mol. The summed E-state index contributed by atoms with van der Waals surface area (Å²) < 4.78 is 12.3. The molecule has 2 aromatic carbocycles. The van der Waals surface area contributed by atoms with Crippen molar-refractivity contribution in [2.45, 2.75) is 39.5 Å². The number of rotatable bonds is 7. The summed E-state index contributed by atoms with van der Waals surface area (Å²) in [5, 5.41) is 22.7. The highest BCUT2D eigenvalue weighted by atomic mass is 16.6. The third kappa shape index (κ3) is 6.17. The van der Waals surface area contributed by atoms with Crippen LogP contribution in [0.25, 0.3) is 17.2 Å². The second-order valence-electron chi connectivity index (χ2n) is 10.8. The van der Waals surface area contributed by atoms with Crippen molar-refractivity contribution in [1.82, 2.24) is 40.1 Å². The van der Waals surface area contributed by atoms with E-state index in [0.29, 0.717) is 34.9 Å². The van der Waals surface area contributed by atoms with E-state index in [1.54, 1.807) is 54.7 Å². The molecule has 5 aromatic rings. The fourth-order valence-corrected chi connectivity index (χ4v) is 4.36. The summed E-state index contributed by atoms with van der Waals surface area (Å²) in [7, 11) is 0. The summed E-state index contributed by atoms with van der Waals surface area (Å²) in [4.78, 5) is 42.9. The number of benzene rings is 2. The van der Waals surface area contributed by atoms with Crippen LogP contribution in [-0.2, 0) is 22.6 Å². The van der Waals surface area contributed by atoms with Crippen molar-refractivity contribution in [2.75, 3.05) is 11.9 Å². The van der Waals surface area contributed by atoms with Crippen LogP contribution in [-0.4, -0.2) is 64.8 Å². The zero-order valence-electron chi connectivity index (χ0n) is 23.6. The van der Waals surface area contributed by atoms with Crippen LogP contribution in [0.2, 0.25) is 0 Å². The first kappa shape index (κ1) is 27.5. The molecular weight excluding hydrogens is 554 g/mol. The van der Waals surface area contributed by atoms with Crippen molar-refractivity contribution in [3.63, 3.8) is 0 Å². The third-order valence-electron chi connectivity index (χ3n) is 6.32. The quantitative estimate of drug-likeness (QED) is 0.273. The lowest BCUT2D eigenvalue weighted by molar-refractivity contribution is -0.118. The van der Waals surface area contributed by atoms with E-state index < -0.39 is 17.5 Å². The monoisotopic (exact) mass is 581 g/mol. The average molecular weight is 582 g/mol. The molecule has 0 radical (unpaired) electrons. The Labute approximate surface area is 245 Å². The molecule has 0 saturated carbocycles. The Morgan fingerprint density at radius 3 is 2.65 bits per heavy atom. The number of nitrogens with one attached hydrogen (secondary N) is 2. The van der Waals surface area contributed by atoms with Crippen molar-refractivity contribution in [3.05, 3.63) is 83.2 Å². The highest BCUT2D eigenvalue weighted by Gasteiger charge is 2.20. The number of aromatic nitrogens is 7. The summed E-state index contributed by atoms with van der Waals surface area (Å²) in [5.41, 5.74) is 3.05. The normalized spacial score (nSPS) is 12.8. The van der Waals surface area contributed by atoms with Gasteiger partial charge >= 0.3 is 5.97 Å². The molecule has 43 heavy (non-hydrogen) atoms. The summed E-state index contributed by atoms with van der Waals surface area (Å²) in [6.07, 6.45) is 1.56. The van der Waals surface area contributed by atoms with Gasteiger partial charge in [0.05, 0.1) is 24.0 Å². The number of anilines is 1. The number of hydrogen-bond donors (Lipinski definition) is 2. The fraction of sp³-hybridized carbons (Fsp3) is 0.241. The van der Waals surface area contributed by atoms with Gasteiger partial charge in [0.15, 0.2) is 12.3 Å². The van der Waals surface area contributed by atoms with Crippen LogP contribution in [0, 0.1) is 0 Å². The highest BCUT2D eigenvalue weighted by molar-refractivity contribution is 5.96. The molecule has 0 bridgehead atoms. The Bertz CT molecular complexity index is 1850. The van der Waals surface area contributed by atoms with E-state index in [9.17, 15) is 14.4 Å². The minimum absolute atomic E-state index is 0.0281. The Morgan fingerprint density at radius 2 is 1.86 bits per heavy atom. The SMILES string of the molecule is CC(C)(C)OC(=O)c1ccc(Cn2nnc(-c3cc(C(=O)NCc4ccc5c(c4)NC(=O)CO5)nc4ccnn34)n2)cc1. The van der Waals surface area contributed by atoms with Gasteiger partial charge in [-0.1, -0.05) is 18.2 Å². The first-order valence-corrected chi connectivity index (χ1v) is 13.4. The minimum Gasteiger partial charge on any atom is -0.482 e. The maximum Gasteiger partial charge on any atom is 0.338 e. The van der Waals surface area contributed by atoms with Crippen molar-refractivity contribution in [1.29, 1.82) is 0 Å². The molecule has 6 rings (SSSR count). The Morgan fingerprint density at radius 1 is 1.07 bits per heavy atom. The molecule has 1 aliphatic rings. The van der Waals surface area contributed by atoms with Crippen LogP contribution in [0.5, 0.6) is 5.75 Å². The van der Waals surface area contributed by atoms with E-state index in [4.69, 9.17) is 9.47 Å². The van der Waals surface area contributed by atoms with E-state index in [-0.39, 0.29) is 30.6 Å². The molecule has 4 heterocycles. The number of carbonyl (C=O) groups is 3. The molecule has 0 unspecified atom stereocenters. The van der Waals surface area contributed by atoms with Gasteiger partial charge in [0.25, 0.3) is 11.8 Å². The Balaban J connectivity index is 1.17. The van der Waals surface area contributed by atoms with E-state index in [0.717, 1.165) is 11.1 Å². The van der Waals surface area contributed by atoms with Gasteiger partial charge in [0.1, 0.15) is 22.7 Å². The van der Waals surface area contributed by atoms with Crippen molar-refractivity contribution in [3.8, 4) is 17.3 Å². The molecule has 0 aliphatic carbocycles. The summed E-state index contributed by atoms with van der Waals surface area (Å²) in [5.74, 6) is -0.222. The number of ether oxygens (including phenoxy) is 2. The van der Waals surface area contributed by atoms with Crippen molar-refractivity contribution >= 4 is 29.1 Å². The van der Waals surface area contributed by atoms with Crippen LogP contribution < -0.4 is 15.4 Å². The fourth-order valence-electron chi connectivity index (χ4n) is 4.36. The van der Waals surface area contributed by atoms with E-state index in [2.05, 4.69) is 36.1 Å². The van der Waals surface area contributed by atoms with Crippen LogP contribution in [0.15, 0.2) is 60.8 Å². The molecule has 14 nitrogen and oxygen atoms in total. The number of fused-ring (bicyclic) bond motifs is 2. The van der Waals surface area contributed by atoms with E-state index in [1.165, 1.54) is 9.31 Å². The Kier molecular flexibility index (Phi) is 7.01. The molecule has 2 amide bonds. The van der Waals surface area contributed by atoms with Crippen LogP contribution in [0.4, 0.5) is 5.69 Å². The third-order valence-corrected chi connectivity index (χ3v) is 6.32. The van der Waals surface area contributed by atoms with Gasteiger partial charge in [-0.15, -0.1) is 10.2 Å². The molecule has 0 spiro atoms. The van der Waals surface area contributed by atoms with Gasteiger partial charge in [-0.3, -0.25) is 9.59 Å². The van der Waals surface area contributed by atoms with Gasteiger partial charge < -0.3 is 20.1 Å². The molecule has 218 valence electrons. The lowest BCUT2D eigenvalue weighted by Crippen LogP contribution is -2.26. The number of carbonyl (C=O) groups excluding carboxylic acids is 3. The van der Waals surface area contributed by atoms with Gasteiger partial charge in [-0.2, -0.15) is 9.90 Å². The van der Waals surface area contributed by atoms with Crippen LogP contribution in [0.1, 0.15) is 52.7 Å². The van der Waals surface area contributed by atoms with Crippen molar-refractivity contribution in [2.24, 2.45) is 0 Å². The molecule has 1 aliphatic heterocycles. The van der Waals surface area contributed by atoms with Crippen LogP contribution in [0.3, 0.4) is 0 Å². The maximum absolute atomic E-state index is 13.1. The molecule has 3 aromatic heterocycles. The first-order valence-electron chi connectivity index (χ1n) is 13.4. The lowest BCUT2D eigenvalue weighted by Gasteiger charge is -2.19. The standard InChI is InChI=1S/C29H27N9O5/c1-29(2,3)43-28(41)19-7-4-17(5-8-19)15-37-35-26(34-36-37)22-13-21(32-24-10-11-31-38(22)24)27(40)30-14-18-6-9-23-20(12-18)33-25(39)16-42-23/h4-13H,14-16H2,1-3H3,(H,30,40)(H,33,39). The largest absolute Gasteiger partial charge is 0.482 e. The van der Waals surface area contributed by atoms with E-state index >= 15 is 0 Å². The summed E-state index contributed by atoms with van der Waals surface area (Å²) >= 11 is 0. The van der Waals surface area contributed by atoms with E-state index in [1.807, 2.05) is 26.8 Å². The molecular formula is C29H27N9O5. The maximum atomic E-state index is 13.1. The number of esters is 1. The van der Waals surface area contributed by atoms with Gasteiger partial charge in [0, 0.05) is 12.6 Å². The van der Waals surface area contributed by atoms with Gasteiger partial charge in [0.2, 0.25) is 5.82 Å². The predicted octanol–water partition coefficient (Wildman–Crippen LogP) is 2.65. The van der Waals surface area contributed by atoms with Gasteiger partial charge in [-0.05, 0) is 67.4 Å². The lowest BCUT2D eigenvalue weighted by atomic mass is 10.1.